The monoisotopic (exact) mass is 409 g/mol. The van der Waals surface area contributed by atoms with Crippen LogP contribution in [0.15, 0.2) is 48.5 Å². The number of aromatic nitrogens is 4. The molecular formula is C20H19N5O3S. The first-order valence-electron chi connectivity index (χ1n) is 8.94. The van der Waals surface area contributed by atoms with Gasteiger partial charge in [0.25, 0.3) is 5.91 Å². The Labute approximate surface area is 171 Å². The zero-order valence-corrected chi connectivity index (χ0v) is 16.9. The predicted octanol–water partition coefficient (Wildman–Crippen LogP) is 3.58. The fraction of sp³-hybridized carbons (Fsp3) is 0.200. The number of carbonyl (C=O) groups is 1. The molecule has 29 heavy (non-hydrogen) atoms. The lowest BCUT2D eigenvalue weighted by atomic mass is 10.2. The Morgan fingerprint density at radius 3 is 2.66 bits per heavy atom. The molecule has 8 nitrogen and oxygen atoms in total. The van der Waals surface area contributed by atoms with Gasteiger partial charge in [-0.05, 0) is 55.8 Å². The molecule has 1 atom stereocenters. The van der Waals surface area contributed by atoms with E-state index in [0.717, 1.165) is 16.9 Å². The smallest absolute Gasteiger partial charge is 0.266 e. The number of fused-ring (bicyclic) bond motifs is 1. The second kappa shape index (κ2) is 7.88. The molecule has 1 amide bonds. The lowest BCUT2D eigenvalue weighted by molar-refractivity contribution is -0.122. The van der Waals surface area contributed by atoms with Crippen LogP contribution >= 0.6 is 11.3 Å². The third-order valence-electron chi connectivity index (χ3n) is 4.24. The number of hydrogen-bond donors (Lipinski definition) is 1. The summed E-state index contributed by atoms with van der Waals surface area (Å²) in [5.41, 5.74) is 1.91. The van der Waals surface area contributed by atoms with E-state index in [0.29, 0.717) is 21.7 Å². The van der Waals surface area contributed by atoms with Crippen molar-refractivity contribution in [2.45, 2.75) is 20.0 Å². The van der Waals surface area contributed by atoms with Crippen molar-refractivity contribution in [1.29, 1.82) is 0 Å². The molecule has 0 radical (unpaired) electrons. The molecule has 2 heterocycles. The van der Waals surface area contributed by atoms with Gasteiger partial charge in [-0.15, -0.1) is 15.3 Å². The van der Waals surface area contributed by atoms with Gasteiger partial charge in [-0.1, -0.05) is 23.5 Å². The number of carbonyl (C=O) groups excluding carboxylic acids is 1. The first-order chi connectivity index (χ1) is 14.0. The molecule has 0 saturated carbocycles. The molecular weight excluding hydrogens is 390 g/mol. The number of benzene rings is 2. The van der Waals surface area contributed by atoms with E-state index < -0.39 is 6.10 Å². The number of methoxy groups -OCH3 is 1. The van der Waals surface area contributed by atoms with Crippen molar-refractivity contribution in [3.8, 4) is 22.9 Å². The maximum atomic E-state index is 12.5. The van der Waals surface area contributed by atoms with E-state index in [1.807, 2.05) is 55.5 Å². The molecule has 0 bridgehead atoms. The summed E-state index contributed by atoms with van der Waals surface area (Å²) in [5.74, 6) is 1.70. The van der Waals surface area contributed by atoms with Gasteiger partial charge in [-0.2, -0.15) is 4.52 Å². The van der Waals surface area contributed by atoms with E-state index in [4.69, 9.17) is 9.47 Å². The summed E-state index contributed by atoms with van der Waals surface area (Å²) in [6.07, 6.45) is -0.674. The lowest BCUT2D eigenvalue weighted by Gasteiger charge is -2.13. The molecule has 0 unspecified atom stereocenters. The van der Waals surface area contributed by atoms with Gasteiger partial charge in [0.2, 0.25) is 10.1 Å². The molecule has 0 aliphatic rings. The predicted molar refractivity (Wildman–Crippen MR) is 111 cm³/mol. The average molecular weight is 409 g/mol. The van der Waals surface area contributed by atoms with Crippen molar-refractivity contribution in [3.05, 3.63) is 54.1 Å². The largest absolute Gasteiger partial charge is 0.497 e. The molecule has 0 saturated heterocycles. The third kappa shape index (κ3) is 4.04. The third-order valence-corrected chi connectivity index (χ3v) is 5.06. The molecule has 2 aromatic heterocycles. The minimum absolute atomic E-state index is 0.289. The normalized spacial score (nSPS) is 12.0. The highest BCUT2D eigenvalue weighted by Gasteiger charge is 2.19. The first kappa shape index (κ1) is 18.9. The fourth-order valence-corrected chi connectivity index (χ4v) is 3.48. The van der Waals surface area contributed by atoms with Crippen molar-refractivity contribution in [3.63, 3.8) is 0 Å². The molecule has 2 aromatic carbocycles. The lowest BCUT2D eigenvalue weighted by Crippen LogP contribution is -2.30. The van der Waals surface area contributed by atoms with Crippen LogP contribution in [0.5, 0.6) is 11.5 Å². The summed E-state index contributed by atoms with van der Waals surface area (Å²) in [6, 6.07) is 15.0. The summed E-state index contributed by atoms with van der Waals surface area (Å²) in [4.78, 5) is 13.1. The van der Waals surface area contributed by atoms with E-state index in [1.165, 1.54) is 11.3 Å². The SMILES string of the molecule is COc1ccc(-c2nnc3sc(NC(=O)[C@H](C)Oc4cccc(C)c4)nn23)cc1. The van der Waals surface area contributed by atoms with E-state index in [2.05, 4.69) is 20.6 Å². The number of hydrogen-bond acceptors (Lipinski definition) is 7. The van der Waals surface area contributed by atoms with Gasteiger partial charge in [0, 0.05) is 5.56 Å². The number of amides is 1. The molecule has 148 valence electrons. The summed E-state index contributed by atoms with van der Waals surface area (Å²) in [7, 11) is 1.61. The molecule has 0 spiro atoms. The minimum atomic E-state index is -0.674. The maximum Gasteiger partial charge on any atom is 0.266 e. The van der Waals surface area contributed by atoms with Crippen LogP contribution < -0.4 is 14.8 Å². The second-order valence-corrected chi connectivity index (χ2v) is 7.38. The zero-order valence-electron chi connectivity index (χ0n) is 16.1. The average Bonchev–Trinajstić information content (AvgIpc) is 3.28. The Balaban J connectivity index is 1.49. The van der Waals surface area contributed by atoms with Crippen LogP contribution in [0.25, 0.3) is 16.3 Å². The van der Waals surface area contributed by atoms with Crippen molar-refractivity contribution in [2.24, 2.45) is 0 Å². The number of aryl methyl sites for hydroxylation is 1. The van der Waals surface area contributed by atoms with Crippen molar-refractivity contribution < 1.29 is 14.3 Å². The molecule has 0 fully saturated rings. The summed E-state index contributed by atoms with van der Waals surface area (Å²) >= 11 is 1.24. The Bertz CT molecular complexity index is 1150. The van der Waals surface area contributed by atoms with Gasteiger partial charge in [0.15, 0.2) is 11.9 Å². The van der Waals surface area contributed by atoms with Crippen LogP contribution in [0.3, 0.4) is 0 Å². The van der Waals surface area contributed by atoms with Crippen molar-refractivity contribution in [2.75, 3.05) is 12.4 Å². The van der Waals surface area contributed by atoms with Gasteiger partial charge >= 0.3 is 0 Å². The van der Waals surface area contributed by atoms with Gasteiger partial charge < -0.3 is 9.47 Å². The summed E-state index contributed by atoms with van der Waals surface area (Å²) in [5, 5.41) is 16.0. The molecule has 4 aromatic rings. The van der Waals surface area contributed by atoms with E-state index in [-0.39, 0.29) is 5.91 Å². The summed E-state index contributed by atoms with van der Waals surface area (Å²) < 4.78 is 12.5. The number of nitrogens with one attached hydrogen (secondary N) is 1. The zero-order chi connectivity index (χ0) is 20.4. The highest BCUT2D eigenvalue weighted by Crippen LogP contribution is 2.25. The maximum absolute atomic E-state index is 12.5. The first-order valence-corrected chi connectivity index (χ1v) is 9.76. The molecule has 1 N–H and O–H groups in total. The van der Waals surface area contributed by atoms with Crippen molar-refractivity contribution >= 4 is 27.3 Å². The van der Waals surface area contributed by atoms with Crippen LogP contribution in [0, 0.1) is 6.92 Å². The van der Waals surface area contributed by atoms with Gasteiger partial charge in [-0.25, -0.2) is 0 Å². The van der Waals surface area contributed by atoms with Gasteiger partial charge in [0.05, 0.1) is 7.11 Å². The van der Waals surface area contributed by atoms with Crippen LogP contribution in [0.1, 0.15) is 12.5 Å². The second-order valence-electron chi connectivity index (χ2n) is 6.42. The Hall–Kier alpha value is -3.46. The Morgan fingerprint density at radius 2 is 1.93 bits per heavy atom. The van der Waals surface area contributed by atoms with E-state index >= 15 is 0 Å². The minimum Gasteiger partial charge on any atom is -0.497 e. The van der Waals surface area contributed by atoms with Crippen molar-refractivity contribution in [1.82, 2.24) is 19.8 Å². The fourth-order valence-electron chi connectivity index (χ4n) is 2.74. The number of ether oxygens (including phenoxy) is 2. The van der Waals surface area contributed by atoms with E-state index in [9.17, 15) is 4.79 Å². The molecule has 9 heteroatoms. The molecule has 4 rings (SSSR count). The highest BCUT2D eigenvalue weighted by molar-refractivity contribution is 7.20. The molecule has 0 aliphatic heterocycles. The molecule has 0 aliphatic carbocycles. The Kier molecular flexibility index (Phi) is 5.13. The van der Waals surface area contributed by atoms with Gasteiger partial charge in [-0.3, -0.25) is 10.1 Å². The number of rotatable bonds is 6. The Morgan fingerprint density at radius 1 is 1.14 bits per heavy atom. The standard InChI is InChI=1S/C20H19N5O3S/c1-12-5-4-6-16(11-12)28-13(2)18(26)21-19-24-25-17(22-23-20(25)29-19)14-7-9-15(27-3)10-8-14/h4-11,13H,1-3H3,(H,21,24,26)/t13-/m0/s1. The number of anilines is 1. The highest BCUT2D eigenvalue weighted by atomic mass is 32.1. The topological polar surface area (TPSA) is 90.6 Å². The quantitative estimate of drug-likeness (QED) is 0.523. The van der Waals surface area contributed by atoms with Crippen LogP contribution in [0.2, 0.25) is 0 Å². The van der Waals surface area contributed by atoms with E-state index in [1.54, 1.807) is 18.5 Å². The van der Waals surface area contributed by atoms with Crippen LogP contribution in [-0.4, -0.2) is 38.9 Å². The van der Waals surface area contributed by atoms with Crippen LogP contribution in [-0.2, 0) is 4.79 Å². The van der Waals surface area contributed by atoms with Crippen LogP contribution in [0.4, 0.5) is 5.13 Å². The number of nitrogens with zero attached hydrogens (tertiary/aromatic N) is 4. The summed E-state index contributed by atoms with van der Waals surface area (Å²) in [6.45, 7) is 3.66. The van der Waals surface area contributed by atoms with Gasteiger partial charge in [0.1, 0.15) is 11.5 Å².